The number of carbonyl (C=O) groups is 2. The number of rotatable bonds is 7. The van der Waals surface area contributed by atoms with E-state index >= 15 is 0 Å². The molecule has 0 saturated carbocycles. The fourth-order valence-corrected chi connectivity index (χ4v) is 2.03. The summed E-state index contributed by atoms with van der Waals surface area (Å²) in [6.45, 7) is 0.726. The third kappa shape index (κ3) is 3.63. The Morgan fingerprint density at radius 3 is 2.85 bits per heavy atom. The first kappa shape index (κ1) is 14.2. The lowest BCUT2D eigenvalue weighted by molar-refractivity contribution is -0.118. The molecule has 0 bridgehead atoms. The Balaban J connectivity index is 1.95. The first-order valence-electron chi connectivity index (χ1n) is 6.59. The van der Waals surface area contributed by atoms with Crippen LogP contribution in [0.4, 0.5) is 5.82 Å². The van der Waals surface area contributed by atoms with Crippen LogP contribution in [0.5, 0.6) is 0 Å². The molecule has 0 spiro atoms. The highest BCUT2D eigenvalue weighted by Gasteiger charge is 2.06. The molecule has 1 heterocycles. The molecule has 0 aliphatic rings. The number of hydrogen-bond acceptors (Lipinski definition) is 4. The van der Waals surface area contributed by atoms with Crippen molar-refractivity contribution in [1.82, 2.24) is 4.98 Å². The minimum Gasteiger partial charge on any atom is -0.360 e. The number of para-hydroxylation sites is 1. The summed E-state index contributed by atoms with van der Waals surface area (Å²) in [5, 5.41) is 1.11. The van der Waals surface area contributed by atoms with E-state index in [4.69, 9.17) is 0 Å². The van der Waals surface area contributed by atoms with Crippen LogP contribution in [0, 0.1) is 6.42 Å². The Hall–Kier alpha value is -2.23. The summed E-state index contributed by atoms with van der Waals surface area (Å²) in [5.74, 6) is 0.760. The fourth-order valence-electron chi connectivity index (χ4n) is 2.03. The second kappa shape index (κ2) is 6.80. The van der Waals surface area contributed by atoms with Gasteiger partial charge in [-0.2, -0.15) is 0 Å². The molecule has 0 aliphatic heterocycles. The lowest BCUT2D eigenvalue weighted by Crippen LogP contribution is -2.20. The number of ketones is 1. The number of aromatic nitrogens is 1. The van der Waals surface area contributed by atoms with Gasteiger partial charge in [-0.1, -0.05) is 18.2 Å². The second-order valence-corrected chi connectivity index (χ2v) is 4.66. The topological polar surface area (TPSA) is 50.3 Å². The van der Waals surface area contributed by atoms with Crippen LogP contribution in [0.1, 0.15) is 12.8 Å². The maximum atomic E-state index is 11.2. The molecule has 0 amide bonds. The molecule has 4 heteroatoms. The van der Waals surface area contributed by atoms with Gasteiger partial charge < -0.3 is 9.69 Å². The molecule has 0 aliphatic carbocycles. The summed E-state index contributed by atoms with van der Waals surface area (Å²) >= 11 is 0. The summed E-state index contributed by atoms with van der Waals surface area (Å²) in [4.78, 5) is 28.0. The zero-order chi connectivity index (χ0) is 14.4. The zero-order valence-corrected chi connectivity index (χ0v) is 11.5. The molecular formula is C16H17N2O2. The number of anilines is 1. The summed E-state index contributed by atoms with van der Waals surface area (Å²) in [6.07, 6.45) is 2.70. The van der Waals surface area contributed by atoms with Crippen molar-refractivity contribution in [3.63, 3.8) is 0 Å². The molecule has 1 aromatic heterocycles. The molecule has 1 aromatic carbocycles. The van der Waals surface area contributed by atoms with Gasteiger partial charge in [-0.15, -0.1) is 0 Å². The average molecular weight is 269 g/mol. The van der Waals surface area contributed by atoms with Crippen LogP contribution >= 0.6 is 0 Å². The lowest BCUT2D eigenvalue weighted by atomic mass is 10.1. The predicted octanol–water partition coefficient (Wildman–Crippen LogP) is 2.42. The van der Waals surface area contributed by atoms with Crippen LogP contribution in [-0.4, -0.2) is 30.6 Å². The largest absolute Gasteiger partial charge is 0.360 e. The quantitative estimate of drug-likeness (QED) is 0.572. The number of aldehydes is 1. The normalized spacial score (nSPS) is 10.4. The summed E-state index contributed by atoms with van der Waals surface area (Å²) in [6, 6.07) is 12.0. The molecule has 0 atom stereocenters. The smallest absolute Gasteiger partial charge is 0.144 e. The Bertz CT molecular complexity index is 610. The SMILES string of the molecule is CN(CCCC(=O)[CH]C=O)c1ccc2ccccc2n1. The highest BCUT2D eigenvalue weighted by Crippen LogP contribution is 2.17. The summed E-state index contributed by atoms with van der Waals surface area (Å²) in [5.41, 5.74) is 0.960. The standard InChI is InChI=1S/C16H17N2O2/c1-18(11-4-6-14(20)10-12-19)16-9-8-13-5-2-3-7-15(13)17-16/h2-3,5,7-10,12H,4,6,11H2,1H3. The lowest BCUT2D eigenvalue weighted by Gasteiger charge is -2.18. The zero-order valence-electron chi connectivity index (χ0n) is 11.5. The first-order chi connectivity index (χ1) is 9.70. The molecule has 103 valence electrons. The van der Waals surface area contributed by atoms with E-state index in [2.05, 4.69) is 4.98 Å². The van der Waals surface area contributed by atoms with Crippen molar-refractivity contribution >= 4 is 28.8 Å². The van der Waals surface area contributed by atoms with Gasteiger partial charge in [0.2, 0.25) is 0 Å². The van der Waals surface area contributed by atoms with Crippen molar-refractivity contribution in [3.8, 4) is 0 Å². The Labute approximate surface area is 118 Å². The summed E-state index contributed by atoms with van der Waals surface area (Å²) < 4.78 is 0. The average Bonchev–Trinajstić information content (AvgIpc) is 2.47. The fraction of sp³-hybridized carbons (Fsp3) is 0.250. The molecular weight excluding hydrogens is 252 g/mol. The third-order valence-electron chi connectivity index (χ3n) is 3.15. The van der Waals surface area contributed by atoms with E-state index in [0.717, 1.165) is 29.7 Å². The molecule has 2 aromatic rings. The van der Waals surface area contributed by atoms with Crippen molar-refractivity contribution in [1.29, 1.82) is 0 Å². The molecule has 0 unspecified atom stereocenters. The molecule has 20 heavy (non-hydrogen) atoms. The highest BCUT2D eigenvalue weighted by molar-refractivity contribution is 6.01. The minimum absolute atomic E-state index is 0.125. The van der Waals surface area contributed by atoms with Crippen molar-refractivity contribution in [2.75, 3.05) is 18.5 Å². The van der Waals surface area contributed by atoms with Crippen LogP contribution in [0.3, 0.4) is 0 Å². The minimum atomic E-state index is -0.125. The monoisotopic (exact) mass is 269 g/mol. The van der Waals surface area contributed by atoms with Gasteiger partial charge in [0.05, 0.1) is 11.9 Å². The predicted molar refractivity (Wildman–Crippen MR) is 79.6 cm³/mol. The van der Waals surface area contributed by atoms with Crippen molar-refractivity contribution < 1.29 is 9.59 Å². The second-order valence-electron chi connectivity index (χ2n) is 4.66. The number of benzene rings is 1. The maximum absolute atomic E-state index is 11.2. The number of Topliss-reactive ketones (excluding diaryl/α,β-unsaturated/α-hetero) is 1. The van der Waals surface area contributed by atoms with Gasteiger partial charge in [-0.25, -0.2) is 4.98 Å². The number of nitrogens with zero attached hydrogens (tertiary/aromatic N) is 2. The Kier molecular flexibility index (Phi) is 4.82. The van der Waals surface area contributed by atoms with Gasteiger partial charge in [0.1, 0.15) is 17.9 Å². The number of carbonyl (C=O) groups excluding carboxylic acids is 2. The first-order valence-corrected chi connectivity index (χ1v) is 6.59. The van der Waals surface area contributed by atoms with Crippen molar-refractivity contribution in [3.05, 3.63) is 42.8 Å². The van der Waals surface area contributed by atoms with Gasteiger partial charge in [0, 0.05) is 25.4 Å². The van der Waals surface area contributed by atoms with Gasteiger partial charge in [0.15, 0.2) is 0 Å². The molecule has 2 rings (SSSR count). The van der Waals surface area contributed by atoms with Gasteiger partial charge in [0.25, 0.3) is 0 Å². The van der Waals surface area contributed by atoms with Crippen molar-refractivity contribution in [2.24, 2.45) is 0 Å². The van der Waals surface area contributed by atoms with E-state index in [-0.39, 0.29) is 5.78 Å². The molecule has 0 N–H and O–H groups in total. The summed E-state index contributed by atoms with van der Waals surface area (Å²) in [7, 11) is 1.95. The van der Waals surface area contributed by atoms with Crippen molar-refractivity contribution in [2.45, 2.75) is 12.8 Å². The number of hydrogen-bond donors (Lipinski definition) is 0. The third-order valence-corrected chi connectivity index (χ3v) is 3.15. The van der Waals surface area contributed by atoms with Gasteiger partial charge in [-0.05, 0) is 24.6 Å². The Morgan fingerprint density at radius 1 is 1.25 bits per heavy atom. The van der Waals surface area contributed by atoms with E-state index in [0.29, 0.717) is 19.1 Å². The van der Waals surface area contributed by atoms with Crippen LogP contribution in [0.2, 0.25) is 0 Å². The molecule has 0 saturated heterocycles. The van der Waals surface area contributed by atoms with Gasteiger partial charge in [-0.3, -0.25) is 4.79 Å². The molecule has 4 nitrogen and oxygen atoms in total. The van der Waals surface area contributed by atoms with E-state index in [1.807, 2.05) is 48.3 Å². The Morgan fingerprint density at radius 2 is 2.05 bits per heavy atom. The number of fused-ring (bicyclic) bond motifs is 1. The van der Waals surface area contributed by atoms with E-state index in [1.165, 1.54) is 0 Å². The molecule has 1 radical (unpaired) electrons. The van der Waals surface area contributed by atoms with Crippen LogP contribution in [0.15, 0.2) is 36.4 Å². The maximum Gasteiger partial charge on any atom is 0.144 e. The van der Waals surface area contributed by atoms with E-state index in [1.54, 1.807) is 0 Å². The van der Waals surface area contributed by atoms with Gasteiger partial charge >= 0.3 is 0 Å². The number of pyridine rings is 1. The van der Waals surface area contributed by atoms with E-state index in [9.17, 15) is 9.59 Å². The highest BCUT2D eigenvalue weighted by atomic mass is 16.1. The molecule has 0 fully saturated rings. The van der Waals surface area contributed by atoms with E-state index < -0.39 is 0 Å². The van der Waals surface area contributed by atoms with Crippen LogP contribution in [-0.2, 0) is 9.59 Å². The van der Waals surface area contributed by atoms with Crippen LogP contribution in [0.25, 0.3) is 10.9 Å². The van der Waals surface area contributed by atoms with Crippen LogP contribution < -0.4 is 4.90 Å².